The Morgan fingerprint density at radius 2 is 1.48 bits per heavy atom. The van der Waals surface area contributed by atoms with Gasteiger partial charge in [-0.1, -0.05) is 27.7 Å². The Balaban J connectivity index is 5.20. The maximum absolute atomic E-state index is 12.7. The fourth-order valence-electron chi connectivity index (χ4n) is 2.76. The van der Waals surface area contributed by atoms with Crippen LogP contribution in [0.4, 0.5) is 0 Å². The van der Waals surface area contributed by atoms with Gasteiger partial charge in [-0.3, -0.25) is 14.4 Å². The number of carbonyl (C=O) groups excluding carboxylic acids is 3. The van der Waals surface area contributed by atoms with Crippen LogP contribution in [0.15, 0.2) is 0 Å². The zero-order valence-electron chi connectivity index (χ0n) is 17.9. The Bertz CT molecular complexity index is 553. The Kier molecular flexibility index (Phi) is 12.8. The lowest BCUT2D eigenvalue weighted by atomic mass is 9.99. The number of rotatable bonds is 14. The van der Waals surface area contributed by atoms with Crippen LogP contribution in [0.25, 0.3) is 0 Å². The molecule has 0 bridgehead atoms. The smallest absolute Gasteiger partial charge is 0.326 e. The van der Waals surface area contributed by atoms with Gasteiger partial charge in [0.2, 0.25) is 17.7 Å². The minimum Gasteiger partial charge on any atom is -0.480 e. The van der Waals surface area contributed by atoms with E-state index in [2.05, 4.69) is 16.0 Å². The van der Waals surface area contributed by atoms with Crippen molar-refractivity contribution in [1.29, 1.82) is 0 Å². The molecule has 10 heteroatoms. The lowest BCUT2D eigenvalue weighted by Gasteiger charge is -2.27. The van der Waals surface area contributed by atoms with E-state index in [9.17, 15) is 24.3 Å². The van der Waals surface area contributed by atoms with Crippen molar-refractivity contribution in [2.45, 2.75) is 71.5 Å². The molecule has 0 aliphatic rings. The summed E-state index contributed by atoms with van der Waals surface area (Å²) < 4.78 is 0. The molecule has 10 nitrogen and oxygen atoms in total. The molecule has 0 aliphatic carbocycles. The van der Waals surface area contributed by atoms with Gasteiger partial charge in [0.15, 0.2) is 0 Å². The zero-order valence-corrected chi connectivity index (χ0v) is 17.9. The van der Waals surface area contributed by atoms with Crippen LogP contribution < -0.4 is 27.4 Å². The second-order valence-electron chi connectivity index (χ2n) is 7.87. The van der Waals surface area contributed by atoms with Crippen LogP contribution in [0.5, 0.6) is 0 Å². The number of aliphatic carboxylic acids is 1. The van der Waals surface area contributed by atoms with E-state index in [1.165, 1.54) is 0 Å². The average molecular weight is 416 g/mol. The molecule has 0 saturated heterocycles. The fourth-order valence-corrected chi connectivity index (χ4v) is 2.76. The number of amides is 3. The van der Waals surface area contributed by atoms with Gasteiger partial charge in [-0.25, -0.2) is 4.79 Å². The highest BCUT2D eigenvalue weighted by Gasteiger charge is 2.31. The molecule has 0 spiro atoms. The van der Waals surface area contributed by atoms with Crippen molar-refractivity contribution in [3.05, 3.63) is 0 Å². The second kappa shape index (κ2) is 13.9. The molecule has 3 unspecified atom stereocenters. The average Bonchev–Trinajstić information content (AvgIpc) is 2.63. The van der Waals surface area contributed by atoms with Gasteiger partial charge in [-0.05, 0) is 44.1 Å². The number of carboxylic acids is 1. The maximum atomic E-state index is 12.7. The van der Waals surface area contributed by atoms with Crippen LogP contribution >= 0.6 is 0 Å². The Morgan fingerprint density at radius 3 is 1.93 bits per heavy atom. The number of nitrogens with one attached hydrogen (secondary N) is 3. The Morgan fingerprint density at radius 1 is 0.862 bits per heavy atom. The lowest BCUT2D eigenvalue weighted by Crippen LogP contribution is -2.57. The van der Waals surface area contributed by atoms with Gasteiger partial charge in [0.25, 0.3) is 0 Å². The predicted molar refractivity (Wildman–Crippen MR) is 110 cm³/mol. The summed E-state index contributed by atoms with van der Waals surface area (Å²) in [6.07, 6.45) is 1.84. The van der Waals surface area contributed by atoms with Crippen molar-refractivity contribution in [1.82, 2.24) is 16.0 Å². The molecular weight excluding hydrogens is 378 g/mol. The molecule has 0 aliphatic heterocycles. The fraction of sp³-hybridized carbons (Fsp3) is 0.789. The standard InChI is InChI=1S/C19H37N5O5/c1-11(2)9-14(22-15(25)10-21)17(26)24-16(12(3)4)18(27)23-13(19(28)29)7-5-6-8-20/h11-14,16H,5-10,20-21H2,1-4H3,(H,22,25)(H,23,27)(H,24,26)(H,28,29). The number of hydrogen-bond acceptors (Lipinski definition) is 6. The normalized spacial score (nSPS) is 14.2. The number of nitrogens with two attached hydrogens (primary N) is 2. The van der Waals surface area contributed by atoms with Crippen LogP contribution in [0.3, 0.4) is 0 Å². The summed E-state index contributed by atoms with van der Waals surface area (Å²) in [4.78, 5) is 48.4. The topological polar surface area (TPSA) is 177 Å². The van der Waals surface area contributed by atoms with E-state index in [0.29, 0.717) is 25.8 Å². The van der Waals surface area contributed by atoms with Crippen LogP contribution in [-0.4, -0.2) is 60.0 Å². The molecule has 168 valence electrons. The number of carboxylic acid groups (broad SMARTS) is 1. The van der Waals surface area contributed by atoms with Gasteiger partial charge < -0.3 is 32.5 Å². The molecule has 8 N–H and O–H groups in total. The van der Waals surface area contributed by atoms with E-state index < -0.39 is 41.8 Å². The van der Waals surface area contributed by atoms with Gasteiger partial charge in [0, 0.05) is 0 Å². The third-order valence-electron chi connectivity index (χ3n) is 4.35. The summed E-state index contributed by atoms with van der Waals surface area (Å²) in [5, 5.41) is 17.0. The number of hydrogen-bond donors (Lipinski definition) is 6. The van der Waals surface area contributed by atoms with Gasteiger partial charge in [-0.15, -0.1) is 0 Å². The highest BCUT2D eigenvalue weighted by Crippen LogP contribution is 2.09. The molecule has 0 radical (unpaired) electrons. The van der Waals surface area contributed by atoms with E-state index >= 15 is 0 Å². The molecule has 0 saturated carbocycles. The van der Waals surface area contributed by atoms with Crippen molar-refractivity contribution >= 4 is 23.7 Å². The minimum atomic E-state index is -1.14. The van der Waals surface area contributed by atoms with Crippen LogP contribution in [0, 0.1) is 11.8 Å². The molecule has 0 fully saturated rings. The van der Waals surface area contributed by atoms with E-state index in [0.717, 1.165) is 0 Å². The summed E-state index contributed by atoms with van der Waals surface area (Å²) >= 11 is 0. The lowest BCUT2D eigenvalue weighted by molar-refractivity contribution is -0.142. The van der Waals surface area contributed by atoms with E-state index in [4.69, 9.17) is 11.5 Å². The minimum absolute atomic E-state index is 0.120. The Labute approximate surface area is 172 Å². The van der Waals surface area contributed by atoms with E-state index in [1.807, 2.05) is 13.8 Å². The summed E-state index contributed by atoms with van der Waals surface area (Å²) in [6.45, 7) is 7.48. The van der Waals surface area contributed by atoms with Crippen molar-refractivity contribution < 1.29 is 24.3 Å². The molecule has 0 rings (SSSR count). The largest absolute Gasteiger partial charge is 0.480 e. The van der Waals surface area contributed by atoms with Crippen molar-refractivity contribution in [2.24, 2.45) is 23.3 Å². The highest BCUT2D eigenvalue weighted by atomic mass is 16.4. The van der Waals surface area contributed by atoms with Gasteiger partial charge >= 0.3 is 5.97 Å². The molecule has 0 aromatic rings. The Hall–Kier alpha value is -2.20. The van der Waals surface area contributed by atoms with Gasteiger partial charge in [-0.2, -0.15) is 0 Å². The third-order valence-corrected chi connectivity index (χ3v) is 4.35. The number of carbonyl (C=O) groups is 4. The maximum Gasteiger partial charge on any atom is 0.326 e. The molecule has 0 aromatic heterocycles. The van der Waals surface area contributed by atoms with Crippen molar-refractivity contribution in [2.75, 3.05) is 13.1 Å². The second-order valence-corrected chi connectivity index (χ2v) is 7.87. The zero-order chi connectivity index (χ0) is 22.6. The summed E-state index contributed by atoms with van der Waals surface area (Å²) in [7, 11) is 0. The molecular formula is C19H37N5O5. The van der Waals surface area contributed by atoms with E-state index in [-0.39, 0.29) is 24.8 Å². The SMILES string of the molecule is CC(C)CC(NC(=O)CN)C(=O)NC(C(=O)NC(CCCCN)C(=O)O)C(C)C. The third kappa shape index (κ3) is 10.8. The van der Waals surface area contributed by atoms with Crippen LogP contribution in [0.1, 0.15) is 53.4 Å². The first-order valence-corrected chi connectivity index (χ1v) is 10.1. The summed E-state index contributed by atoms with van der Waals surface area (Å²) in [6, 6.07) is -2.83. The first-order chi connectivity index (χ1) is 13.5. The van der Waals surface area contributed by atoms with Crippen LogP contribution in [-0.2, 0) is 19.2 Å². The highest BCUT2D eigenvalue weighted by molar-refractivity contribution is 5.93. The van der Waals surface area contributed by atoms with Gasteiger partial charge in [0.1, 0.15) is 18.1 Å². The predicted octanol–water partition coefficient (Wildman–Crippen LogP) is -0.685. The first kappa shape index (κ1) is 26.8. The summed E-state index contributed by atoms with van der Waals surface area (Å²) in [5.74, 6) is -2.87. The molecule has 3 atom stereocenters. The van der Waals surface area contributed by atoms with Crippen molar-refractivity contribution in [3.8, 4) is 0 Å². The number of unbranched alkanes of at least 4 members (excludes halogenated alkanes) is 1. The molecule has 3 amide bonds. The van der Waals surface area contributed by atoms with Gasteiger partial charge in [0.05, 0.1) is 6.54 Å². The van der Waals surface area contributed by atoms with E-state index in [1.54, 1.807) is 13.8 Å². The quantitative estimate of drug-likeness (QED) is 0.203. The molecule has 0 aromatic carbocycles. The summed E-state index contributed by atoms with van der Waals surface area (Å²) in [5.41, 5.74) is 10.7. The first-order valence-electron chi connectivity index (χ1n) is 10.1. The van der Waals surface area contributed by atoms with Crippen LogP contribution in [0.2, 0.25) is 0 Å². The monoisotopic (exact) mass is 415 g/mol. The molecule has 0 heterocycles. The van der Waals surface area contributed by atoms with Crippen molar-refractivity contribution in [3.63, 3.8) is 0 Å². The molecule has 29 heavy (non-hydrogen) atoms.